The second-order valence-corrected chi connectivity index (χ2v) is 5.71. The fourth-order valence-corrected chi connectivity index (χ4v) is 2.93. The predicted molar refractivity (Wildman–Crippen MR) is 93.0 cm³/mol. The molecule has 0 unspecified atom stereocenters. The first kappa shape index (κ1) is 16.4. The quantitative estimate of drug-likeness (QED) is 0.709. The van der Waals surface area contributed by atoms with E-state index in [2.05, 4.69) is 27.9 Å². The van der Waals surface area contributed by atoms with Crippen LogP contribution < -0.4 is 14.8 Å². The van der Waals surface area contributed by atoms with Crippen LogP contribution in [0.5, 0.6) is 11.5 Å². The maximum absolute atomic E-state index is 11.0. The Morgan fingerprint density at radius 1 is 1.23 bits per heavy atom. The number of ether oxygens (including phenoxy) is 2. The van der Waals surface area contributed by atoms with E-state index in [0.717, 1.165) is 14.8 Å². The molecule has 2 N–H and O–H groups in total. The number of carbonyl (C=O) groups is 1. The third-order valence-electron chi connectivity index (χ3n) is 3.10. The highest BCUT2D eigenvalue weighted by molar-refractivity contribution is 14.1. The SMILES string of the molecule is COc1cc(CNc2cccc(C(=O)O)c2)cc(I)c1OC. The highest BCUT2D eigenvalue weighted by Gasteiger charge is 2.10. The van der Waals surface area contributed by atoms with Crippen molar-refractivity contribution in [2.24, 2.45) is 0 Å². The van der Waals surface area contributed by atoms with Crippen LogP contribution in [0.25, 0.3) is 0 Å². The van der Waals surface area contributed by atoms with Crippen molar-refractivity contribution < 1.29 is 19.4 Å². The van der Waals surface area contributed by atoms with Crippen molar-refractivity contribution in [3.05, 3.63) is 51.1 Å². The second-order valence-electron chi connectivity index (χ2n) is 4.55. The predicted octanol–water partition coefficient (Wildman–Crippen LogP) is 3.62. The molecular formula is C16H16INO4. The van der Waals surface area contributed by atoms with Gasteiger partial charge in [-0.25, -0.2) is 4.79 Å². The van der Waals surface area contributed by atoms with Crippen LogP contribution in [0.1, 0.15) is 15.9 Å². The fourth-order valence-electron chi connectivity index (χ4n) is 2.04. The summed E-state index contributed by atoms with van der Waals surface area (Å²) in [7, 11) is 3.21. The van der Waals surface area contributed by atoms with Gasteiger partial charge in [0.2, 0.25) is 0 Å². The average molecular weight is 413 g/mol. The average Bonchev–Trinajstić information content (AvgIpc) is 2.52. The molecule has 0 saturated heterocycles. The van der Waals surface area contributed by atoms with Crippen molar-refractivity contribution >= 4 is 34.2 Å². The largest absolute Gasteiger partial charge is 0.493 e. The normalized spacial score (nSPS) is 10.1. The highest BCUT2D eigenvalue weighted by Crippen LogP contribution is 2.33. The standard InChI is InChI=1S/C16H16INO4/c1-21-14-7-10(6-13(17)15(14)22-2)9-18-12-5-3-4-11(8-12)16(19)20/h3-8,18H,9H2,1-2H3,(H,19,20). The summed E-state index contributed by atoms with van der Waals surface area (Å²) >= 11 is 2.19. The molecule has 0 amide bonds. The number of anilines is 1. The first-order chi connectivity index (χ1) is 10.5. The lowest BCUT2D eigenvalue weighted by atomic mass is 10.1. The second kappa shape index (κ2) is 7.35. The number of halogens is 1. The molecular weight excluding hydrogens is 397 g/mol. The number of nitrogens with one attached hydrogen (secondary N) is 1. The van der Waals surface area contributed by atoms with Gasteiger partial charge in [-0.3, -0.25) is 0 Å². The van der Waals surface area contributed by atoms with Gasteiger partial charge in [0.25, 0.3) is 0 Å². The van der Waals surface area contributed by atoms with E-state index in [1.165, 1.54) is 0 Å². The summed E-state index contributed by atoms with van der Waals surface area (Å²) < 4.78 is 11.6. The molecule has 0 saturated carbocycles. The minimum Gasteiger partial charge on any atom is -0.493 e. The van der Waals surface area contributed by atoms with E-state index in [1.54, 1.807) is 32.4 Å². The van der Waals surface area contributed by atoms with Gasteiger partial charge in [-0.05, 0) is 58.5 Å². The number of carboxylic acids is 1. The molecule has 0 heterocycles. The Morgan fingerprint density at radius 3 is 2.64 bits per heavy atom. The minimum absolute atomic E-state index is 0.256. The number of methoxy groups -OCH3 is 2. The van der Waals surface area contributed by atoms with Gasteiger partial charge in [-0.2, -0.15) is 0 Å². The van der Waals surface area contributed by atoms with Crippen molar-refractivity contribution in [2.75, 3.05) is 19.5 Å². The molecule has 0 spiro atoms. The summed E-state index contributed by atoms with van der Waals surface area (Å²) in [5, 5.41) is 12.2. The van der Waals surface area contributed by atoms with Gasteiger partial charge in [-0.1, -0.05) is 6.07 Å². The Balaban J connectivity index is 2.16. The summed E-state index contributed by atoms with van der Waals surface area (Å²) in [6.45, 7) is 0.555. The van der Waals surface area contributed by atoms with Crippen molar-refractivity contribution in [3.8, 4) is 11.5 Å². The number of carboxylic acid groups (broad SMARTS) is 1. The Morgan fingerprint density at radius 2 is 2.00 bits per heavy atom. The van der Waals surface area contributed by atoms with Gasteiger partial charge in [0, 0.05) is 12.2 Å². The van der Waals surface area contributed by atoms with Crippen molar-refractivity contribution in [3.63, 3.8) is 0 Å². The third kappa shape index (κ3) is 3.82. The summed E-state index contributed by atoms with van der Waals surface area (Å²) in [6.07, 6.45) is 0. The van der Waals surface area contributed by atoms with E-state index < -0.39 is 5.97 Å². The van der Waals surface area contributed by atoms with E-state index >= 15 is 0 Å². The number of hydrogen-bond donors (Lipinski definition) is 2. The van der Waals surface area contributed by atoms with Crippen molar-refractivity contribution in [1.29, 1.82) is 0 Å². The lowest BCUT2D eigenvalue weighted by molar-refractivity contribution is 0.0697. The Bertz CT molecular complexity index is 688. The molecule has 0 radical (unpaired) electrons. The van der Waals surface area contributed by atoms with Crippen LogP contribution in [0.2, 0.25) is 0 Å². The number of benzene rings is 2. The lowest BCUT2D eigenvalue weighted by Gasteiger charge is -2.13. The molecule has 0 bridgehead atoms. The molecule has 5 nitrogen and oxygen atoms in total. The van der Waals surface area contributed by atoms with E-state index in [1.807, 2.05) is 18.2 Å². The fraction of sp³-hybridized carbons (Fsp3) is 0.188. The summed E-state index contributed by atoms with van der Waals surface area (Å²) in [5.74, 6) is 0.439. The van der Waals surface area contributed by atoms with E-state index in [-0.39, 0.29) is 5.56 Å². The first-order valence-electron chi connectivity index (χ1n) is 6.52. The van der Waals surface area contributed by atoms with E-state index in [4.69, 9.17) is 14.6 Å². The van der Waals surface area contributed by atoms with Crippen LogP contribution in [0, 0.1) is 3.57 Å². The maximum atomic E-state index is 11.0. The van der Waals surface area contributed by atoms with Crippen molar-refractivity contribution in [2.45, 2.75) is 6.54 Å². The molecule has 2 aromatic rings. The molecule has 0 aliphatic carbocycles. The molecule has 116 valence electrons. The molecule has 22 heavy (non-hydrogen) atoms. The lowest BCUT2D eigenvalue weighted by Crippen LogP contribution is -2.03. The van der Waals surface area contributed by atoms with Crippen molar-refractivity contribution in [1.82, 2.24) is 0 Å². The molecule has 6 heteroatoms. The van der Waals surface area contributed by atoms with Crippen LogP contribution in [-0.4, -0.2) is 25.3 Å². The summed E-state index contributed by atoms with van der Waals surface area (Å²) in [5.41, 5.74) is 2.03. The highest BCUT2D eigenvalue weighted by atomic mass is 127. The van der Waals surface area contributed by atoms with E-state index in [9.17, 15) is 4.79 Å². The van der Waals surface area contributed by atoms with Crippen LogP contribution in [0.3, 0.4) is 0 Å². The van der Waals surface area contributed by atoms with Gasteiger partial charge >= 0.3 is 5.97 Å². The molecule has 2 aromatic carbocycles. The van der Waals surface area contributed by atoms with Gasteiger partial charge in [0.1, 0.15) is 0 Å². The Kier molecular flexibility index (Phi) is 5.48. The molecule has 0 aliphatic heterocycles. The Labute approximate surface area is 142 Å². The molecule has 0 fully saturated rings. The zero-order valence-corrected chi connectivity index (χ0v) is 14.4. The van der Waals surface area contributed by atoms with Crippen LogP contribution >= 0.6 is 22.6 Å². The van der Waals surface area contributed by atoms with Gasteiger partial charge in [-0.15, -0.1) is 0 Å². The zero-order valence-electron chi connectivity index (χ0n) is 12.2. The Hall–Kier alpha value is -1.96. The summed E-state index contributed by atoms with van der Waals surface area (Å²) in [4.78, 5) is 11.0. The number of aromatic carboxylic acids is 1. The zero-order chi connectivity index (χ0) is 16.1. The van der Waals surface area contributed by atoms with Gasteiger partial charge < -0.3 is 19.9 Å². The molecule has 0 aromatic heterocycles. The van der Waals surface area contributed by atoms with Crippen LogP contribution in [-0.2, 0) is 6.54 Å². The smallest absolute Gasteiger partial charge is 0.335 e. The van der Waals surface area contributed by atoms with Crippen LogP contribution in [0.4, 0.5) is 5.69 Å². The molecule has 0 atom stereocenters. The maximum Gasteiger partial charge on any atom is 0.335 e. The van der Waals surface area contributed by atoms with Gasteiger partial charge in [0.05, 0.1) is 23.4 Å². The number of hydrogen-bond acceptors (Lipinski definition) is 4. The third-order valence-corrected chi connectivity index (χ3v) is 3.90. The first-order valence-corrected chi connectivity index (χ1v) is 7.60. The van der Waals surface area contributed by atoms with Gasteiger partial charge in [0.15, 0.2) is 11.5 Å². The molecule has 2 rings (SSSR count). The molecule has 0 aliphatic rings. The topological polar surface area (TPSA) is 67.8 Å². The minimum atomic E-state index is -0.940. The monoisotopic (exact) mass is 413 g/mol. The van der Waals surface area contributed by atoms with E-state index in [0.29, 0.717) is 18.0 Å². The summed E-state index contributed by atoms with van der Waals surface area (Å²) in [6, 6.07) is 10.6. The van der Waals surface area contributed by atoms with Crippen LogP contribution in [0.15, 0.2) is 36.4 Å². The number of rotatable bonds is 6.